The fraction of sp³-hybridized carbons (Fsp3) is 0. The average molecular weight is 332 g/mol. The van der Waals surface area contributed by atoms with E-state index in [2.05, 4.69) is 0 Å². The first-order chi connectivity index (χ1) is 10.7. The lowest BCUT2D eigenvalue weighted by atomic mass is 10.1. The Morgan fingerprint density at radius 2 is 1.48 bits per heavy atom. The molecule has 0 saturated heterocycles. The summed E-state index contributed by atoms with van der Waals surface area (Å²) in [6.45, 7) is 0. The second-order valence-electron chi connectivity index (χ2n) is 4.21. The molecule has 23 heavy (non-hydrogen) atoms. The van der Waals surface area contributed by atoms with Crippen LogP contribution in [0.2, 0.25) is 0 Å². The molecular weight excluding hydrogens is 327 g/mol. The van der Waals surface area contributed by atoms with Crippen molar-refractivity contribution in [3.63, 3.8) is 0 Å². The van der Waals surface area contributed by atoms with E-state index in [1.165, 1.54) is 0 Å². The Labute approximate surface area is 124 Å². The van der Waals surface area contributed by atoms with Gasteiger partial charge < -0.3 is 5.32 Å². The van der Waals surface area contributed by atoms with E-state index >= 15 is 0 Å². The van der Waals surface area contributed by atoms with Crippen molar-refractivity contribution in [1.29, 1.82) is 0 Å². The highest BCUT2D eigenvalue weighted by molar-refractivity contribution is 6.04. The first-order valence-electron chi connectivity index (χ1n) is 5.81. The molecule has 10 heteroatoms. The number of carbonyl (C=O) groups is 1. The van der Waals surface area contributed by atoms with Crippen molar-refractivity contribution in [3.05, 3.63) is 69.0 Å². The monoisotopic (exact) mass is 332 g/mol. The van der Waals surface area contributed by atoms with Gasteiger partial charge in [0.15, 0.2) is 23.3 Å². The van der Waals surface area contributed by atoms with E-state index in [1.54, 1.807) is 0 Å². The van der Waals surface area contributed by atoms with E-state index in [0.29, 0.717) is 0 Å². The number of nitro benzene ring substituents is 1. The number of halogens is 5. The van der Waals surface area contributed by atoms with Crippen molar-refractivity contribution in [3.8, 4) is 0 Å². The molecule has 0 radical (unpaired) electrons. The Morgan fingerprint density at radius 3 is 2.00 bits per heavy atom. The lowest BCUT2D eigenvalue weighted by Crippen LogP contribution is -2.19. The molecule has 120 valence electrons. The van der Waals surface area contributed by atoms with Crippen LogP contribution < -0.4 is 5.32 Å². The molecule has 0 aliphatic rings. The largest absolute Gasteiger partial charge is 0.322 e. The molecule has 1 N–H and O–H groups in total. The quantitative estimate of drug-likeness (QED) is 0.307. The second-order valence-corrected chi connectivity index (χ2v) is 4.21. The van der Waals surface area contributed by atoms with E-state index < -0.39 is 51.2 Å². The minimum absolute atomic E-state index is 0.256. The smallest absolute Gasteiger partial charge is 0.271 e. The molecule has 2 aromatic carbocycles. The van der Waals surface area contributed by atoms with Gasteiger partial charge in [0.2, 0.25) is 5.82 Å². The maximum absolute atomic E-state index is 13.5. The number of nitrogens with one attached hydrogen (secondary N) is 1. The predicted molar refractivity (Wildman–Crippen MR) is 67.3 cm³/mol. The molecule has 0 atom stereocenters. The van der Waals surface area contributed by atoms with Crippen LogP contribution >= 0.6 is 0 Å². The minimum atomic E-state index is -2.40. The Hall–Kier alpha value is -3.04. The van der Waals surface area contributed by atoms with Gasteiger partial charge >= 0.3 is 0 Å². The van der Waals surface area contributed by atoms with E-state index in [4.69, 9.17) is 0 Å². The molecule has 0 unspecified atom stereocenters. The summed E-state index contributed by atoms with van der Waals surface area (Å²) in [7, 11) is 0. The van der Waals surface area contributed by atoms with E-state index in [9.17, 15) is 36.9 Å². The highest BCUT2D eigenvalue weighted by Gasteiger charge is 2.29. The number of nitrogens with zero attached hydrogens (tertiary/aromatic N) is 1. The van der Waals surface area contributed by atoms with Crippen molar-refractivity contribution in [2.45, 2.75) is 0 Å². The maximum atomic E-state index is 13.5. The number of benzene rings is 2. The maximum Gasteiger partial charge on any atom is 0.271 e. The Balaban J connectivity index is 2.43. The Kier molecular flexibility index (Phi) is 4.25. The number of carbonyl (C=O) groups excluding carboxylic acids is 1. The molecule has 5 nitrogen and oxygen atoms in total. The molecule has 0 heterocycles. The summed E-state index contributed by atoms with van der Waals surface area (Å²) in [6.07, 6.45) is 0. The normalized spacial score (nSPS) is 10.5. The number of amides is 1. The minimum Gasteiger partial charge on any atom is -0.322 e. The number of rotatable bonds is 3. The third-order valence-electron chi connectivity index (χ3n) is 2.75. The number of nitro groups is 1. The highest BCUT2D eigenvalue weighted by atomic mass is 19.2. The van der Waals surface area contributed by atoms with Crippen LogP contribution in [0, 0.1) is 39.2 Å². The summed E-state index contributed by atoms with van der Waals surface area (Å²) in [4.78, 5) is 21.5. The highest BCUT2D eigenvalue weighted by Crippen LogP contribution is 2.24. The van der Waals surface area contributed by atoms with Gasteiger partial charge in [-0.3, -0.25) is 14.9 Å². The molecule has 0 spiro atoms. The number of non-ortho nitro benzene ring substituents is 1. The molecule has 0 aromatic heterocycles. The first kappa shape index (κ1) is 16.3. The van der Waals surface area contributed by atoms with Gasteiger partial charge in [0.05, 0.1) is 4.92 Å². The van der Waals surface area contributed by atoms with E-state index in [-0.39, 0.29) is 5.69 Å². The standard InChI is InChI=1S/C13H5F5N2O3/c14-8-7(9(15)11(17)12(18)10(8)16)13(21)19-5-2-1-3-6(4-5)20(22)23/h1-4H,(H,19,21). The predicted octanol–water partition coefficient (Wildman–Crippen LogP) is 3.54. The van der Waals surface area contributed by atoms with Gasteiger partial charge in [0, 0.05) is 17.8 Å². The van der Waals surface area contributed by atoms with Crippen LogP contribution in [0.4, 0.5) is 33.3 Å². The van der Waals surface area contributed by atoms with Crippen LogP contribution in [-0.4, -0.2) is 10.8 Å². The van der Waals surface area contributed by atoms with Crippen molar-refractivity contribution >= 4 is 17.3 Å². The number of hydrogen-bond donors (Lipinski definition) is 1. The molecule has 0 saturated carbocycles. The van der Waals surface area contributed by atoms with Gasteiger partial charge in [-0.1, -0.05) is 6.07 Å². The van der Waals surface area contributed by atoms with E-state index in [1.807, 2.05) is 5.32 Å². The Bertz CT molecular complexity index is 796. The molecule has 0 aliphatic carbocycles. The molecule has 2 rings (SSSR count). The fourth-order valence-electron chi connectivity index (χ4n) is 1.70. The summed E-state index contributed by atoms with van der Waals surface area (Å²) >= 11 is 0. The van der Waals surface area contributed by atoms with Crippen molar-refractivity contribution in [2.24, 2.45) is 0 Å². The van der Waals surface area contributed by atoms with Gasteiger partial charge in [0.25, 0.3) is 11.6 Å². The summed E-state index contributed by atoms with van der Waals surface area (Å²) in [5.74, 6) is -13.2. The van der Waals surface area contributed by atoms with E-state index in [0.717, 1.165) is 24.3 Å². The molecule has 2 aromatic rings. The number of hydrogen-bond acceptors (Lipinski definition) is 3. The molecule has 1 amide bonds. The summed E-state index contributed by atoms with van der Waals surface area (Å²) in [6, 6.07) is 4.22. The summed E-state index contributed by atoms with van der Waals surface area (Å²) in [5.41, 5.74) is -2.39. The molecular formula is C13H5F5N2O3. The van der Waals surface area contributed by atoms with Crippen LogP contribution in [-0.2, 0) is 0 Å². The second kappa shape index (κ2) is 5.99. The number of anilines is 1. The first-order valence-corrected chi connectivity index (χ1v) is 5.81. The zero-order valence-electron chi connectivity index (χ0n) is 10.9. The average Bonchev–Trinajstić information content (AvgIpc) is 2.51. The third-order valence-corrected chi connectivity index (χ3v) is 2.75. The zero-order chi connectivity index (χ0) is 17.3. The van der Waals surface area contributed by atoms with Crippen LogP contribution in [0.25, 0.3) is 0 Å². The van der Waals surface area contributed by atoms with Gasteiger partial charge in [-0.25, -0.2) is 22.0 Å². The lowest BCUT2D eigenvalue weighted by molar-refractivity contribution is -0.384. The van der Waals surface area contributed by atoms with Crippen LogP contribution in [0.15, 0.2) is 24.3 Å². The van der Waals surface area contributed by atoms with Crippen molar-refractivity contribution in [1.82, 2.24) is 0 Å². The fourth-order valence-corrected chi connectivity index (χ4v) is 1.70. The van der Waals surface area contributed by atoms with Crippen molar-refractivity contribution < 1.29 is 31.7 Å². The van der Waals surface area contributed by atoms with Gasteiger partial charge in [-0.05, 0) is 6.07 Å². The summed E-state index contributed by atoms with van der Waals surface area (Å²) < 4.78 is 65.9. The third kappa shape index (κ3) is 2.96. The Morgan fingerprint density at radius 1 is 0.957 bits per heavy atom. The van der Waals surface area contributed by atoms with Gasteiger partial charge in [0.1, 0.15) is 5.56 Å². The van der Waals surface area contributed by atoms with Crippen LogP contribution in [0.1, 0.15) is 10.4 Å². The van der Waals surface area contributed by atoms with Gasteiger partial charge in [-0.15, -0.1) is 0 Å². The van der Waals surface area contributed by atoms with Gasteiger partial charge in [-0.2, -0.15) is 0 Å². The summed E-state index contributed by atoms with van der Waals surface area (Å²) in [5, 5.41) is 12.4. The van der Waals surface area contributed by atoms with Crippen molar-refractivity contribution in [2.75, 3.05) is 5.32 Å². The molecule has 0 fully saturated rings. The zero-order valence-corrected chi connectivity index (χ0v) is 10.9. The molecule has 0 bridgehead atoms. The van der Waals surface area contributed by atoms with Crippen LogP contribution in [0.5, 0.6) is 0 Å². The SMILES string of the molecule is O=C(Nc1cccc([N+](=O)[O-])c1)c1c(F)c(F)c(F)c(F)c1F. The van der Waals surface area contributed by atoms with Crippen LogP contribution in [0.3, 0.4) is 0 Å². The molecule has 0 aliphatic heterocycles. The lowest BCUT2D eigenvalue weighted by Gasteiger charge is -2.09. The topological polar surface area (TPSA) is 72.2 Å².